The molecule has 1 heterocycles. The van der Waals surface area contributed by atoms with Crippen LogP contribution in [0.5, 0.6) is 0 Å². The van der Waals surface area contributed by atoms with Crippen LogP contribution in [0.25, 0.3) is 0 Å². The van der Waals surface area contributed by atoms with E-state index in [1.807, 2.05) is 32.6 Å². The predicted octanol–water partition coefficient (Wildman–Crippen LogP) is 2.50. The molecule has 0 bridgehead atoms. The summed E-state index contributed by atoms with van der Waals surface area (Å²) in [5, 5.41) is 0. The van der Waals surface area contributed by atoms with Gasteiger partial charge in [0, 0.05) is 18.8 Å². The monoisotopic (exact) mass is 263 g/mol. The molecule has 0 fully saturated rings. The summed E-state index contributed by atoms with van der Waals surface area (Å²) in [6, 6.07) is -0.130. The lowest BCUT2D eigenvalue weighted by Gasteiger charge is -2.26. The molecule has 106 valence electrons. The van der Waals surface area contributed by atoms with E-state index in [0.29, 0.717) is 0 Å². The molecule has 1 atom stereocenters. The maximum atomic E-state index is 12.5. The number of likely N-dealkylation sites (N-methyl/N-ethyl adjacent to an activating group) is 1. The summed E-state index contributed by atoms with van der Waals surface area (Å²) in [6.07, 6.45) is 4.56. The molecule has 0 spiro atoms. The van der Waals surface area contributed by atoms with Gasteiger partial charge in [-0.25, -0.2) is 4.98 Å². The molecular formula is C15H25N3O. The zero-order chi connectivity index (χ0) is 14.0. The lowest BCUT2D eigenvalue weighted by Crippen LogP contribution is -2.36. The van der Waals surface area contributed by atoms with Crippen LogP contribution in [0.1, 0.15) is 56.9 Å². The van der Waals surface area contributed by atoms with Crippen LogP contribution < -0.4 is 0 Å². The highest BCUT2D eigenvalue weighted by Crippen LogP contribution is 2.26. The molecule has 1 aromatic rings. The van der Waals surface area contributed by atoms with Crippen LogP contribution in [-0.4, -0.2) is 33.4 Å². The summed E-state index contributed by atoms with van der Waals surface area (Å²) in [5.74, 6) is 1.19. The Morgan fingerprint density at radius 1 is 1.32 bits per heavy atom. The molecule has 1 aromatic heterocycles. The van der Waals surface area contributed by atoms with Crippen LogP contribution in [0.15, 0.2) is 0 Å². The molecule has 1 unspecified atom stereocenters. The molecule has 19 heavy (non-hydrogen) atoms. The number of nitrogens with zero attached hydrogens (tertiary/aromatic N) is 3. The average Bonchev–Trinajstić information content (AvgIpc) is 2.75. The molecule has 2 rings (SSSR count). The number of amides is 1. The Hall–Kier alpha value is -1.32. The van der Waals surface area contributed by atoms with E-state index in [1.54, 1.807) is 0 Å². The van der Waals surface area contributed by atoms with Gasteiger partial charge in [-0.15, -0.1) is 0 Å². The first-order valence-corrected chi connectivity index (χ1v) is 7.45. The number of aryl methyl sites for hydroxylation is 2. The first-order chi connectivity index (χ1) is 9.10. The Labute approximate surface area is 115 Å². The van der Waals surface area contributed by atoms with E-state index in [9.17, 15) is 4.79 Å². The molecule has 0 aromatic carbocycles. The number of hydrogen-bond acceptors (Lipinski definition) is 2. The van der Waals surface area contributed by atoms with Crippen molar-refractivity contribution in [1.82, 2.24) is 14.5 Å². The number of carbonyl (C=O) groups excluding carboxylic acids is 1. The molecule has 4 heteroatoms. The zero-order valence-electron chi connectivity index (χ0n) is 12.6. The molecule has 1 aliphatic carbocycles. The van der Waals surface area contributed by atoms with Crippen molar-refractivity contribution in [2.24, 2.45) is 0 Å². The fraction of sp³-hybridized carbons (Fsp3) is 0.733. The Kier molecular flexibility index (Phi) is 4.27. The fourth-order valence-corrected chi connectivity index (χ4v) is 3.12. The van der Waals surface area contributed by atoms with E-state index in [2.05, 4.69) is 9.55 Å². The lowest BCUT2D eigenvalue weighted by molar-refractivity contribution is -0.134. The van der Waals surface area contributed by atoms with Gasteiger partial charge in [0.05, 0.1) is 5.69 Å². The lowest BCUT2D eigenvalue weighted by atomic mass is 10.0. The molecule has 1 aliphatic rings. The summed E-state index contributed by atoms with van der Waals surface area (Å²) in [4.78, 5) is 19.1. The van der Waals surface area contributed by atoms with E-state index < -0.39 is 0 Å². The van der Waals surface area contributed by atoms with Crippen LogP contribution in [0, 0.1) is 6.92 Å². The van der Waals surface area contributed by atoms with Crippen LogP contribution in [0.3, 0.4) is 0 Å². The molecule has 0 saturated carbocycles. The summed E-state index contributed by atoms with van der Waals surface area (Å²) in [6.45, 7) is 9.63. The van der Waals surface area contributed by atoms with Gasteiger partial charge in [-0.1, -0.05) is 0 Å². The first-order valence-electron chi connectivity index (χ1n) is 7.45. The van der Waals surface area contributed by atoms with Crippen molar-refractivity contribution in [3.05, 3.63) is 17.2 Å². The molecule has 0 saturated heterocycles. The van der Waals surface area contributed by atoms with Gasteiger partial charge in [-0.2, -0.15) is 0 Å². The summed E-state index contributed by atoms with van der Waals surface area (Å²) in [7, 11) is 0. The fourth-order valence-electron chi connectivity index (χ4n) is 3.12. The van der Waals surface area contributed by atoms with E-state index in [1.165, 1.54) is 24.2 Å². The number of rotatable bonds is 4. The van der Waals surface area contributed by atoms with Crippen molar-refractivity contribution in [3.63, 3.8) is 0 Å². The molecule has 0 N–H and O–H groups in total. The van der Waals surface area contributed by atoms with Gasteiger partial charge in [0.1, 0.15) is 11.9 Å². The Morgan fingerprint density at radius 3 is 2.58 bits per heavy atom. The maximum absolute atomic E-state index is 12.5. The third kappa shape index (κ3) is 2.53. The number of fused-ring (bicyclic) bond motifs is 1. The largest absolute Gasteiger partial charge is 0.341 e. The van der Waals surface area contributed by atoms with Gasteiger partial charge in [0.15, 0.2) is 0 Å². The van der Waals surface area contributed by atoms with Crippen molar-refractivity contribution >= 4 is 5.91 Å². The minimum Gasteiger partial charge on any atom is -0.341 e. The summed E-state index contributed by atoms with van der Waals surface area (Å²) >= 11 is 0. The zero-order valence-corrected chi connectivity index (χ0v) is 12.6. The third-order valence-corrected chi connectivity index (χ3v) is 4.17. The van der Waals surface area contributed by atoms with Gasteiger partial charge in [0.25, 0.3) is 0 Å². The topological polar surface area (TPSA) is 38.1 Å². The Morgan fingerprint density at radius 2 is 1.95 bits per heavy atom. The van der Waals surface area contributed by atoms with Gasteiger partial charge >= 0.3 is 0 Å². The molecule has 0 aliphatic heterocycles. The smallest absolute Gasteiger partial charge is 0.245 e. The maximum Gasteiger partial charge on any atom is 0.245 e. The van der Waals surface area contributed by atoms with E-state index in [4.69, 9.17) is 0 Å². The Balaban J connectivity index is 2.31. The van der Waals surface area contributed by atoms with Crippen LogP contribution in [0.4, 0.5) is 0 Å². The van der Waals surface area contributed by atoms with Gasteiger partial charge in [-0.05, 0) is 53.4 Å². The number of hydrogen-bond donors (Lipinski definition) is 0. The second-order valence-corrected chi connectivity index (χ2v) is 5.32. The highest BCUT2D eigenvalue weighted by atomic mass is 16.2. The van der Waals surface area contributed by atoms with Crippen molar-refractivity contribution in [1.29, 1.82) is 0 Å². The number of imidazole rings is 1. The number of carbonyl (C=O) groups is 1. The quantitative estimate of drug-likeness (QED) is 0.837. The third-order valence-electron chi connectivity index (χ3n) is 4.17. The predicted molar refractivity (Wildman–Crippen MR) is 76.2 cm³/mol. The first kappa shape index (κ1) is 14.1. The summed E-state index contributed by atoms with van der Waals surface area (Å²) in [5.41, 5.74) is 2.50. The minimum atomic E-state index is -0.130. The second-order valence-electron chi connectivity index (χ2n) is 5.32. The normalized spacial score (nSPS) is 16.0. The number of aromatic nitrogens is 2. The highest BCUT2D eigenvalue weighted by molar-refractivity contribution is 5.80. The van der Waals surface area contributed by atoms with Crippen molar-refractivity contribution in [3.8, 4) is 0 Å². The van der Waals surface area contributed by atoms with Crippen LogP contribution in [-0.2, 0) is 17.6 Å². The SMILES string of the molecule is CCN(CC)C(=O)C(C)n1c(C)nc2c1CCCC2. The molecular weight excluding hydrogens is 238 g/mol. The second kappa shape index (κ2) is 5.76. The molecule has 1 amide bonds. The summed E-state index contributed by atoms with van der Waals surface area (Å²) < 4.78 is 2.16. The van der Waals surface area contributed by atoms with Crippen molar-refractivity contribution in [2.45, 2.75) is 59.4 Å². The average molecular weight is 263 g/mol. The van der Waals surface area contributed by atoms with Gasteiger partial charge < -0.3 is 9.47 Å². The van der Waals surface area contributed by atoms with Crippen LogP contribution >= 0.6 is 0 Å². The van der Waals surface area contributed by atoms with E-state index in [-0.39, 0.29) is 11.9 Å². The minimum absolute atomic E-state index is 0.130. The van der Waals surface area contributed by atoms with E-state index in [0.717, 1.165) is 31.8 Å². The van der Waals surface area contributed by atoms with Gasteiger partial charge in [-0.3, -0.25) is 4.79 Å². The molecule has 4 nitrogen and oxygen atoms in total. The van der Waals surface area contributed by atoms with Crippen molar-refractivity contribution in [2.75, 3.05) is 13.1 Å². The molecule has 0 radical (unpaired) electrons. The Bertz CT molecular complexity index is 460. The van der Waals surface area contributed by atoms with Gasteiger partial charge in [0.2, 0.25) is 5.91 Å². The highest BCUT2D eigenvalue weighted by Gasteiger charge is 2.26. The van der Waals surface area contributed by atoms with Crippen LogP contribution in [0.2, 0.25) is 0 Å². The van der Waals surface area contributed by atoms with E-state index >= 15 is 0 Å². The van der Waals surface area contributed by atoms with Crippen molar-refractivity contribution < 1.29 is 4.79 Å². The standard InChI is InChI=1S/C15H25N3O/c1-5-17(6-2)15(19)11(3)18-12(4)16-13-9-7-8-10-14(13)18/h11H,5-10H2,1-4H3.